The summed E-state index contributed by atoms with van der Waals surface area (Å²) >= 11 is 12.2. The average Bonchev–Trinajstić information content (AvgIpc) is 2.74. The van der Waals surface area contributed by atoms with Crippen molar-refractivity contribution in [3.63, 3.8) is 0 Å². The molecule has 0 unspecified atom stereocenters. The van der Waals surface area contributed by atoms with Crippen molar-refractivity contribution in [2.24, 2.45) is 0 Å². The van der Waals surface area contributed by atoms with E-state index in [1.54, 1.807) is 29.2 Å². The topological polar surface area (TPSA) is 61.4 Å². The standard InChI is InChI=1S/C21H18Cl2FN5O/c22-14-4-5-17(18(23)12-14)19-6-7-20(27-26-19)28-8-10-29(11-9-28)21(30)25-16-3-1-2-15(24)13-16/h1-7,12-13H,8-11H2,(H,25,30). The average molecular weight is 446 g/mol. The third kappa shape index (κ3) is 4.63. The maximum absolute atomic E-state index is 13.3. The summed E-state index contributed by atoms with van der Waals surface area (Å²) in [6, 6.07) is 14.6. The summed E-state index contributed by atoms with van der Waals surface area (Å²) < 4.78 is 13.3. The molecule has 30 heavy (non-hydrogen) atoms. The van der Waals surface area contributed by atoms with Crippen LogP contribution in [0.3, 0.4) is 0 Å². The van der Waals surface area contributed by atoms with Crippen molar-refractivity contribution in [2.75, 3.05) is 36.4 Å². The number of rotatable bonds is 3. The molecule has 1 aliphatic rings. The Morgan fingerprint density at radius 1 is 0.967 bits per heavy atom. The Bertz CT molecular complexity index is 1060. The molecule has 1 aromatic heterocycles. The van der Waals surface area contributed by atoms with Gasteiger partial charge in [-0.2, -0.15) is 0 Å². The normalized spacial score (nSPS) is 14.0. The molecular formula is C21H18Cl2FN5O. The molecule has 0 bridgehead atoms. The number of aromatic nitrogens is 2. The molecule has 3 aromatic rings. The van der Waals surface area contributed by atoms with Crippen LogP contribution >= 0.6 is 23.2 Å². The summed E-state index contributed by atoms with van der Waals surface area (Å²) in [7, 11) is 0. The quantitative estimate of drug-likeness (QED) is 0.619. The molecule has 0 saturated carbocycles. The van der Waals surface area contributed by atoms with Gasteiger partial charge in [0.25, 0.3) is 0 Å². The van der Waals surface area contributed by atoms with Crippen LogP contribution in [-0.4, -0.2) is 47.3 Å². The number of urea groups is 1. The molecule has 154 valence electrons. The summed E-state index contributed by atoms with van der Waals surface area (Å²) in [4.78, 5) is 16.2. The Hall–Kier alpha value is -2.90. The Morgan fingerprint density at radius 3 is 2.43 bits per heavy atom. The first-order valence-corrected chi connectivity index (χ1v) is 10.1. The van der Waals surface area contributed by atoms with E-state index in [9.17, 15) is 9.18 Å². The van der Waals surface area contributed by atoms with Gasteiger partial charge in [0.05, 0.1) is 10.7 Å². The second-order valence-electron chi connectivity index (χ2n) is 6.82. The molecule has 2 heterocycles. The lowest BCUT2D eigenvalue weighted by molar-refractivity contribution is 0.208. The summed E-state index contributed by atoms with van der Waals surface area (Å²) in [6.07, 6.45) is 0. The predicted molar refractivity (Wildman–Crippen MR) is 117 cm³/mol. The molecule has 4 rings (SSSR count). The van der Waals surface area contributed by atoms with E-state index in [0.29, 0.717) is 47.6 Å². The fourth-order valence-corrected chi connectivity index (χ4v) is 3.75. The summed E-state index contributed by atoms with van der Waals surface area (Å²) in [5, 5.41) is 12.4. The highest BCUT2D eigenvalue weighted by molar-refractivity contribution is 6.36. The van der Waals surface area contributed by atoms with Gasteiger partial charge in [-0.15, -0.1) is 10.2 Å². The minimum Gasteiger partial charge on any atom is -0.352 e. The van der Waals surface area contributed by atoms with Gasteiger partial charge in [0.15, 0.2) is 5.82 Å². The van der Waals surface area contributed by atoms with Crippen LogP contribution in [0.5, 0.6) is 0 Å². The molecule has 1 aliphatic heterocycles. The molecule has 1 saturated heterocycles. The Morgan fingerprint density at radius 2 is 1.77 bits per heavy atom. The lowest BCUT2D eigenvalue weighted by Gasteiger charge is -2.35. The highest BCUT2D eigenvalue weighted by atomic mass is 35.5. The zero-order valence-corrected chi connectivity index (χ0v) is 17.4. The minimum atomic E-state index is -0.389. The lowest BCUT2D eigenvalue weighted by atomic mass is 10.1. The van der Waals surface area contributed by atoms with Crippen LogP contribution in [0.4, 0.5) is 20.7 Å². The van der Waals surface area contributed by atoms with Gasteiger partial charge in [-0.1, -0.05) is 29.3 Å². The Kier molecular flexibility index (Phi) is 6.01. The van der Waals surface area contributed by atoms with E-state index in [2.05, 4.69) is 20.4 Å². The van der Waals surface area contributed by atoms with Crippen LogP contribution in [0.1, 0.15) is 0 Å². The smallest absolute Gasteiger partial charge is 0.321 e. The van der Waals surface area contributed by atoms with Crippen molar-refractivity contribution in [1.82, 2.24) is 15.1 Å². The number of nitrogens with zero attached hydrogens (tertiary/aromatic N) is 4. The molecule has 2 amide bonds. The molecular weight excluding hydrogens is 428 g/mol. The lowest BCUT2D eigenvalue weighted by Crippen LogP contribution is -2.50. The van der Waals surface area contributed by atoms with E-state index in [0.717, 1.165) is 11.4 Å². The van der Waals surface area contributed by atoms with Crippen molar-refractivity contribution >= 4 is 40.7 Å². The number of carbonyl (C=O) groups excluding carboxylic acids is 1. The molecule has 1 fully saturated rings. The third-order valence-electron chi connectivity index (χ3n) is 4.82. The van der Waals surface area contributed by atoms with Crippen molar-refractivity contribution < 1.29 is 9.18 Å². The van der Waals surface area contributed by atoms with E-state index in [4.69, 9.17) is 23.2 Å². The van der Waals surface area contributed by atoms with E-state index in [1.807, 2.05) is 18.2 Å². The number of anilines is 2. The molecule has 6 nitrogen and oxygen atoms in total. The molecule has 1 N–H and O–H groups in total. The Balaban J connectivity index is 1.36. The first-order valence-electron chi connectivity index (χ1n) is 9.35. The first kappa shape index (κ1) is 20.4. The van der Waals surface area contributed by atoms with Gasteiger partial charge in [0, 0.05) is 42.5 Å². The van der Waals surface area contributed by atoms with E-state index in [-0.39, 0.29) is 11.8 Å². The number of amides is 2. The molecule has 0 radical (unpaired) electrons. The first-order chi connectivity index (χ1) is 14.5. The number of carbonyl (C=O) groups is 1. The van der Waals surface area contributed by atoms with Crippen LogP contribution in [0.25, 0.3) is 11.3 Å². The van der Waals surface area contributed by atoms with E-state index >= 15 is 0 Å². The van der Waals surface area contributed by atoms with Crippen molar-refractivity contribution in [3.8, 4) is 11.3 Å². The fourth-order valence-electron chi connectivity index (χ4n) is 3.24. The van der Waals surface area contributed by atoms with Crippen LogP contribution in [-0.2, 0) is 0 Å². The van der Waals surface area contributed by atoms with Crippen LogP contribution < -0.4 is 10.2 Å². The summed E-state index contributed by atoms with van der Waals surface area (Å²) in [5.74, 6) is 0.341. The van der Waals surface area contributed by atoms with Gasteiger partial charge in [0.1, 0.15) is 5.82 Å². The van der Waals surface area contributed by atoms with E-state index < -0.39 is 0 Å². The molecule has 0 spiro atoms. The molecule has 2 aromatic carbocycles. The van der Waals surface area contributed by atoms with Crippen molar-refractivity contribution in [3.05, 3.63) is 70.5 Å². The third-order valence-corrected chi connectivity index (χ3v) is 5.37. The monoisotopic (exact) mass is 445 g/mol. The van der Waals surface area contributed by atoms with Gasteiger partial charge in [-0.25, -0.2) is 9.18 Å². The second kappa shape index (κ2) is 8.85. The number of piperazine rings is 1. The maximum atomic E-state index is 13.3. The largest absolute Gasteiger partial charge is 0.352 e. The summed E-state index contributed by atoms with van der Waals surface area (Å²) in [5.41, 5.74) is 1.86. The predicted octanol–water partition coefficient (Wildman–Crippen LogP) is 4.94. The second-order valence-corrected chi connectivity index (χ2v) is 7.66. The number of benzene rings is 2. The Labute approximate surface area is 183 Å². The van der Waals surface area contributed by atoms with Gasteiger partial charge < -0.3 is 15.1 Å². The zero-order valence-electron chi connectivity index (χ0n) is 15.9. The highest BCUT2D eigenvalue weighted by Gasteiger charge is 2.22. The molecule has 0 aliphatic carbocycles. The van der Waals surface area contributed by atoms with Gasteiger partial charge >= 0.3 is 6.03 Å². The zero-order chi connectivity index (χ0) is 21.1. The minimum absolute atomic E-state index is 0.251. The number of halogens is 3. The van der Waals surface area contributed by atoms with E-state index in [1.165, 1.54) is 12.1 Å². The van der Waals surface area contributed by atoms with Crippen molar-refractivity contribution in [2.45, 2.75) is 0 Å². The van der Waals surface area contributed by atoms with Gasteiger partial charge in [0.2, 0.25) is 0 Å². The fraction of sp³-hybridized carbons (Fsp3) is 0.190. The number of hydrogen-bond acceptors (Lipinski definition) is 4. The van der Waals surface area contributed by atoms with Crippen LogP contribution in [0, 0.1) is 5.82 Å². The molecule has 0 atom stereocenters. The van der Waals surface area contributed by atoms with Crippen LogP contribution in [0.15, 0.2) is 54.6 Å². The highest BCUT2D eigenvalue weighted by Crippen LogP contribution is 2.29. The van der Waals surface area contributed by atoms with Crippen molar-refractivity contribution in [1.29, 1.82) is 0 Å². The SMILES string of the molecule is O=C(Nc1cccc(F)c1)N1CCN(c2ccc(-c3ccc(Cl)cc3Cl)nn2)CC1. The maximum Gasteiger partial charge on any atom is 0.321 e. The summed E-state index contributed by atoms with van der Waals surface area (Å²) in [6.45, 7) is 2.28. The van der Waals surface area contributed by atoms with Gasteiger partial charge in [-0.05, 0) is 48.5 Å². The number of nitrogens with one attached hydrogen (secondary N) is 1. The number of hydrogen-bond donors (Lipinski definition) is 1. The molecule has 9 heteroatoms. The van der Waals surface area contributed by atoms with Gasteiger partial charge in [-0.3, -0.25) is 0 Å². The van der Waals surface area contributed by atoms with Crippen LogP contribution in [0.2, 0.25) is 10.0 Å².